The van der Waals surface area contributed by atoms with Gasteiger partial charge in [0.1, 0.15) is 5.75 Å². The van der Waals surface area contributed by atoms with Crippen molar-refractivity contribution in [1.29, 1.82) is 0 Å². The van der Waals surface area contributed by atoms with Crippen molar-refractivity contribution >= 4 is 23.4 Å². The quantitative estimate of drug-likeness (QED) is 0.626. The molecule has 6 heteroatoms. The van der Waals surface area contributed by atoms with E-state index in [1.807, 2.05) is 30.0 Å². The van der Waals surface area contributed by atoms with Crippen molar-refractivity contribution in [3.63, 3.8) is 0 Å². The van der Waals surface area contributed by atoms with Crippen LogP contribution in [-0.4, -0.2) is 42.5 Å². The second-order valence-electron chi connectivity index (χ2n) is 9.50. The molecular weight excluding hydrogens is 412 g/mol. The molecule has 0 spiro atoms. The van der Waals surface area contributed by atoms with Crippen molar-refractivity contribution in [3.05, 3.63) is 28.8 Å². The molecule has 1 aliphatic heterocycles. The minimum atomic E-state index is -0.0149. The zero-order chi connectivity index (χ0) is 22.4. The maximum atomic E-state index is 12.7. The SMILES string of the molecule is CC(C)C(C)NC(=O)C1CCN(C(=O)COc2ccc(Cl)cc2C2CCCCC2)CC1. The Morgan fingerprint density at radius 1 is 1.10 bits per heavy atom. The summed E-state index contributed by atoms with van der Waals surface area (Å²) in [6.07, 6.45) is 7.46. The normalized spacial score (nSPS) is 19.3. The Bertz CT molecular complexity index is 753. The third kappa shape index (κ3) is 6.61. The highest BCUT2D eigenvalue weighted by Gasteiger charge is 2.29. The summed E-state index contributed by atoms with van der Waals surface area (Å²) < 4.78 is 5.98. The number of piperidine rings is 1. The highest BCUT2D eigenvalue weighted by Crippen LogP contribution is 2.38. The number of amides is 2. The van der Waals surface area contributed by atoms with Crippen LogP contribution in [-0.2, 0) is 9.59 Å². The molecule has 1 N–H and O–H groups in total. The Balaban J connectivity index is 1.50. The van der Waals surface area contributed by atoms with E-state index in [-0.39, 0.29) is 30.4 Å². The number of carbonyl (C=O) groups excluding carboxylic acids is 2. The van der Waals surface area contributed by atoms with Crippen LogP contribution in [0.1, 0.15) is 77.2 Å². The Morgan fingerprint density at radius 3 is 2.42 bits per heavy atom. The molecule has 31 heavy (non-hydrogen) atoms. The first-order chi connectivity index (χ1) is 14.8. The zero-order valence-corrected chi connectivity index (χ0v) is 19.9. The number of ether oxygens (including phenoxy) is 1. The second-order valence-corrected chi connectivity index (χ2v) is 9.94. The third-order valence-corrected chi connectivity index (χ3v) is 7.19. The predicted molar refractivity (Wildman–Crippen MR) is 125 cm³/mol. The van der Waals surface area contributed by atoms with E-state index >= 15 is 0 Å². The Kier molecular flexibility index (Phi) is 8.65. The summed E-state index contributed by atoms with van der Waals surface area (Å²) >= 11 is 6.24. The first kappa shape index (κ1) is 23.9. The van der Waals surface area contributed by atoms with Crippen molar-refractivity contribution in [2.75, 3.05) is 19.7 Å². The lowest BCUT2D eigenvalue weighted by Gasteiger charge is -2.32. The van der Waals surface area contributed by atoms with Crippen LogP contribution < -0.4 is 10.1 Å². The summed E-state index contributed by atoms with van der Waals surface area (Å²) in [5.74, 6) is 1.73. The fourth-order valence-corrected chi connectivity index (χ4v) is 4.69. The van der Waals surface area contributed by atoms with Crippen molar-refractivity contribution < 1.29 is 14.3 Å². The Hall–Kier alpha value is -1.75. The number of nitrogens with one attached hydrogen (secondary N) is 1. The van der Waals surface area contributed by atoms with E-state index < -0.39 is 0 Å². The van der Waals surface area contributed by atoms with E-state index in [4.69, 9.17) is 16.3 Å². The average molecular weight is 449 g/mol. The minimum Gasteiger partial charge on any atom is -0.483 e. The molecule has 1 saturated heterocycles. The van der Waals surface area contributed by atoms with E-state index in [1.54, 1.807) is 0 Å². The number of benzene rings is 1. The highest BCUT2D eigenvalue weighted by molar-refractivity contribution is 6.30. The molecular formula is C25H37ClN2O3. The van der Waals surface area contributed by atoms with Crippen LogP contribution in [0.15, 0.2) is 18.2 Å². The first-order valence-electron chi connectivity index (χ1n) is 11.9. The number of likely N-dealkylation sites (tertiary alicyclic amines) is 1. The number of hydrogen-bond donors (Lipinski definition) is 1. The first-order valence-corrected chi connectivity index (χ1v) is 12.2. The van der Waals surface area contributed by atoms with Crippen LogP contribution in [0.3, 0.4) is 0 Å². The molecule has 0 aromatic heterocycles. The van der Waals surface area contributed by atoms with Crippen molar-refractivity contribution in [3.8, 4) is 5.75 Å². The van der Waals surface area contributed by atoms with Gasteiger partial charge in [-0.25, -0.2) is 0 Å². The molecule has 0 bridgehead atoms. The fourth-order valence-electron chi connectivity index (χ4n) is 4.51. The van der Waals surface area contributed by atoms with E-state index in [0.29, 0.717) is 42.8 Å². The van der Waals surface area contributed by atoms with Gasteiger partial charge in [0.2, 0.25) is 5.91 Å². The molecule has 1 saturated carbocycles. The molecule has 1 aromatic carbocycles. The minimum absolute atomic E-state index is 0.0136. The number of hydrogen-bond acceptors (Lipinski definition) is 3. The predicted octanol–water partition coefficient (Wildman–Crippen LogP) is 5.17. The summed E-state index contributed by atoms with van der Waals surface area (Å²) in [5, 5.41) is 3.82. The van der Waals surface area contributed by atoms with Crippen LogP contribution in [0.5, 0.6) is 5.75 Å². The zero-order valence-electron chi connectivity index (χ0n) is 19.2. The fraction of sp³-hybridized carbons (Fsp3) is 0.680. The number of nitrogens with zero attached hydrogens (tertiary/aromatic N) is 1. The molecule has 1 heterocycles. The molecule has 1 aliphatic carbocycles. The average Bonchev–Trinajstić information content (AvgIpc) is 2.78. The molecule has 2 fully saturated rings. The van der Waals surface area contributed by atoms with Gasteiger partial charge in [0.25, 0.3) is 5.91 Å². The van der Waals surface area contributed by atoms with Gasteiger partial charge < -0.3 is 15.0 Å². The molecule has 3 rings (SSSR count). The molecule has 1 atom stereocenters. The van der Waals surface area contributed by atoms with Crippen LogP contribution in [0.25, 0.3) is 0 Å². The maximum Gasteiger partial charge on any atom is 0.260 e. The molecule has 1 unspecified atom stereocenters. The second kappa shape index (κ2) is 11.2. The number of rotatable bonds is 7. The van der Waals surface area contributed by atoms with Crippen LogP contribution in [0.2, 0.25) is 5.02 Å². The monoisotopic (exact) mass is 448 g/mol. The van der Waals surface area contributed by atoms with Crippen LogP contribution >= 0.6 is 11.6 Å². The van der Waals surface area contributed by atoms with E-state index in [0.717, 1.165) is 24.2 Å². The van der Waals surface area contributed by atoms with Gasteiger partial charge >= 0.3 is 0 Å². The molecule has 5 nitrogen and oxygen atoms in total. The van der Waals surface area contributed by atoms with Crippen molar-refractivity contribution in [2.45, 2.75) is 77.7 Å². The smallest absolute Gasteiger partial charge is 0.260 e. The lowest BCUT2D eigenvalue weighted by atomic mass is 9.84. The summed E-state index contributed by atoms with van der Waals surface area (Å²) in [5.41, 5.74) is 1.13. The summed E-state index contributed by atoms with van der Waals surface area (Å²) in [6.45, 7) is 7.48. The van der Waals surface area contributed by atoms with Crippen molar-refractivity contribution in [2.24, 2.45) is 11.8 Å². The summed E-state index contributed by atoms with van der Waals surface area (Å²) in [6, 6.07) is 5.89. The van der Waals surface area contributed by atoms with Gasteiger partial charge in [-0.3, -0.25) is 9.59 Å². The van der Waals surface area contributed by atoms with Gasteiger partial charge in [-0.1, -0.05) is 44.7 Å². The molecule has 2 amide bonds. The number of carbonyl (C=O) groups is 2. The van der Waals surface area contributed by atoms with Crippen molar-refractivity contribution in [1.82, 2.24) is 10.2 Å². The summed E-state index contributed by atoms with van der Waals surface area (Å²) in [4.78, 5) is 27.0. The van der Waals surface area contributed by atoms with E-state index in [9.17, 15) is 9.59 Å². The largest absolute Gasteiger partial charge is 0.483 e. The topological polar surface area (TPSA) is 58.6 Å². The molecule has 1 aromatic rings. The van der Waals surface area contributed by atoms with Gasteiger partial charge in [-0.2, -0.15) is 0 Å². The third-order valence-electron chi connectivity index (χ3n) is 6.96. The number of halogens is 1. The van der Waals surface area contributed by atoms with Crippen LogP contribution in [0, 0.1) is 11.8 Å². The maximum absolute atomic E-state index is 12.7. The van der Waals surface area contributed by atoms with Crippen LogP contribution in [0.4, 0.5) is 0 Å². The Labute approximate surface area is 191 Å². The molecule has 2 aliphatic rings. The lowest BCUT2D eigenvalue weighted by molar-refractivity contribution is -0.137. The van der Waals surface area contributed by atoms with Gasteiger partial charge in [0, 0.05) is 30.1 Å². The molecule has 0 radical (unpaired) electrons. The van der Waals surface area contributed by atoms with Gasteiger partial charge in [0.15, 0.2) is 6.61 Å². The van der Waals surface area contributed by atoms with Gasteiger partial charge in [-0.15, -0.1) is 0 Å². The summed E-state index contributed by atoms with van der Waals surface area (Å²) in [7, 11) is 0. The van der Waals surface area contributed by atoms with Gasteiger partial charge in [-0.05, 0) is 68.2 Å². The molecule has 172 valence electrons. The highest BCUT2D eigenvalue weighted by atomic mass is 35.5. The Morgan fingerprint density at radius 2 is 1.77 bits per heavy atom. The van der Waals surface area contributed by atoms with Gasteiger partial charge in [0.05, 0.1) is 0 Å². The van der Waals surface area contributed by atoms with E-state index in [1.165, 1.54) is 19.3 Å². The standard InChI is InChI=1S/C25H37ClN2O3/c1-17(2)18(3)27-25(30)20-11-13-28(14-12-20)24(29)16-31-23-10-9-21(26)15-22(23)19-7-5-4-6-8-19/h9-10,15,17-20H,4-8,11-14,16H2,1-3H3,(H,27,30). The van der Waals surface area contributed by atoms with E-state index in [2.05, 4.69) is 19.2 Å². The lowest BCUT2D eigenvalue weighted by Crippen LogP contribution is -2.46.